The monoisotopic (exact) mass is 272 g/mol. The molecule has 106 valence electrons. The minimum absolute atomic E-state index is 0.207. The van der Waals surface area contributed by atoms with Crippen molar-refractivity contribution < 1.29 is 14.0 Å². The van der Waals surface area contributed by atoms with Gasteiger partial charge in [-0.15, -0.1) is 0 Å². The van der Waals surface area contributed by atoms with Gasteiger partial charge in [-0.2, -0.15) is 0 Å². The van der Waals surface area contributed by atoms with E-state index in [1.54, 1.807) is 0 Å². The predicted octanol–water partition coefficient (Wildman–Crippen LogP) is 3.76. The fourth-order valence-corrected chi connectivity index (χ4v) is 2.09. The zero-order valence-electron chi connectivity index (χ0n) is 13.1. The average molecular weight is 272 g/mol. The molecule has 0 saturated heterocycles. The van der Waals surface area contributed by atoms with Gasteiger partial charge in [0, 0.05) is 0 Å². The maximum absolute atomic E-state index is 11.5. The molecule has 0 N–H and O–H groups in total. The van der Waals surface area contributed by atoms with Crippen LogP contribution >= 0.6 is 0 Å². The lowest BCUT2D eigenvalue weighted by atomic mass is 9.93. The number of esters is 1. The average Bonchev–Trinajstić information content (AvgIpc) is 2.21. The number of methoxy groups -OCH3 is 1. The van der Waals surface area contributed by atoms with Crippen molar-refractivity contribution >= 4 is 14.3 Å². The minimum Gasteiger partial charge on any atom is -0.468 e. The Morgan fingerprint density at radius 2 is 1.67 bits per heavy atom. The summed E-state index contributed by atoms with van der Waals surface area (Å²) in [5.41, 5.74) is -0.592. The lowest BCUT2D eigenvalue weighted by Crippen LogP contribution is -2.40. The molecule has 0 aliphatic carbocycles. The third kappa shape index (κ3) is 4.94. The van der Waals surface area contributed by atoms with Crippen LogP contribution < -0.4 is 0 Å². The molecule has 0 spiro atoms. The van der Waals surface area contributed by atoms with Gasteiger partial charge in [0.2, 0.25) is 0 Å². The SMILES string of the molecule is COC(=O)C(C)(C)/C=C/CO[Si](C)(C)C(C)(C)C. The van der Waals surface area contributed by atoms with E-state index in [1.807, 2.05) is 26.0 Å². The van der Waals surface area contributed by atoms with Crippen LogP contribution in [-0.4, -0.2) is 28.0 Å². The molecule has 0 rings (SSSR count). The number of carbonyl (C=O) groups excluding carboxylic acids is 1. The molecule has 0 amide bonds. The van der Waals surface area contributed by atoms with Crippen LogP contribution in [0.1, 0.15) is 34.6 Å². The van der Waals surface area contributed by atoms with E-state index in [-0.39, 0.29) is 11.0 Å². The van der Waals surface area contributed by atoms with Crippen LogP contribution in [0.3, 0.4) is 0 Å². The number of rotatable bonds is 5. The first-order valence-corrected chi connectivity index (χ1v) is 9.25. The Kier molecular flexibility index (Phi) is 5.81. The molecule has 18 heavy (non-hydrogen) atoms. The van der Waals surface area contributed by atoms with Crippen molar-refractivity contribution in [3.8, 4) is 0 Å². The highest BCUT2D eigenvalue weighted by Crippen LogP contribution is 2.36. The molecule has 0 bridgehead atoms. The quantitative estimate of drug-likeness (QED) is 0.434. The Morgan fingerprint density at radius 3 is 2.06 bits per heavy atom. The highest BCUT2D eigenvalue weighted by molar-refractivity contribution is 6.74. The van der Waals surface area contributed by atoms with Gasteiger partial charge in [0.15, 0.2) is 8.32 Å². The Hall–Kier alpha value is -0.613. The molecule has 0 fully saturated rings. The first kappa shape index (κ1) is 17.4. The Balaban J connectivity index is 4.41. The topological polar surface area (TPSA) is 35.5 Å². The van der Waals surface area contributed by atoms with Gasteiger partial charge >= 0.3 is 5.97 Å². The van der Waals surface area contributed by atoms with Crippen LogP contribution in [0, 0.1) is 5.41 Å². The number of carbonyl (C=O) groups is 1. The Bertz CT molecular complexity index is 311. The van der Waals surface area contributed by atoms with E-state index in [0.717, 1.165) is 0 Å². The number of hydrogen-bond donors (Lipinski definition) is 0. The fraction of sp³-hybridized carbons (Fsp3) is 0.786. The molecule has 0 aliphatic rings. The molecule has 0 radical (unpaired) electrons. The third-order valence-corrected chi connectivity index (χ3v) is 8.09. The van der Waals surface area contributed by atoms with Crippen LogP contribution in [0.5, 0.6) is 0 Å². The molecule has 0 saturated carbocycles. The third-order valence-electron chi connectivity index (χ3n) is 3.59. The summed E-state index contributed by atoms with van der Waals surface area (Å²) in [5, 5.41) is 0.207. The van der Waals surface area contributed by atoms with Crippen molar-refractivity contribution in [1.82, 2.24) is 0 Å². The predicted molar refractivity (Wildman–Crippen MR) is 78.1 cm³/mol. The van der Waals surface area contributed by atoms with Gasteiger partial charge in [-0.05, 0) is 32.0 Å². The number of ether oxygens (including phenoxy) is 1. The minimum atomic E-state index is -1.70. The van der Waals surface area contributed by atoms with Gasteiger partial charge in [-0.3, -0.25) is 4.79 Å². The second-order valence-electron chi connectivity index (χ2n) is 6.69. The Labute approximate surface area is 113 Å². The van der Waals surface area contributed by atoms with Gasteiger partial charge in [-0.25, -0.2) is 0 Å². The molecular formula is C14H28O3Si. The molecule has 0 atom stereocenters. The van der Waals surface area contributed by atoms with Crippen molar-refractivity contribution in [2.24, 2.45) is 5.41 Å². The van der Waals surface area contributed by atoms with Gasteiger partial charge in [-0.1, -0.05) is 32.9 Å². The number of hydrogen-bond acceptors (Lipinski definition) is 3. The summed E-state index contributed by atoms with van der Waals surface area (Å²) in [4.78, 5) is 11.5. The summed E-state index contributed by atoms with van der Waals surface area (Å²) >= 11 is 0. The van der Waals surface area contributed by atoms with Crippen molar-refractivity contribution in [2.75, 3.05) is 13.7 Å². The molecule has 0 aromatic carbocycles. The van der Waals surface area contributed by atoms with E-state index >= 15 is 0 Å². The van der Waals surface area contributed by atoms with Crippen molar-refractivity contribution in [3.63, 3.8) is 0 Å². The highest BCUT2D eigenvalue weighted by Gasteiger charge is 2.36. The maximum Gasteiger partial charge on any atom is 0.315 e. The molecule has 0 aromatic rings. The summed E-state index contributed by atoms with van der Waals surface area (Å²) < 4.78 is 10.7. The largest absolute Gasteiger partial charge is 0.468 e. The summed E-state index contributed by atoms with van der Waals surface area (Å²) in [7, 11) is -0.297. The summed E-state index contributed by atoms with van der Waals surface area (Å²) in [6.45, 7) is 15.3. The van der Waals surface area contributed by atoms with E-state index < -0.39 is 13.7 Å². The van der Waals surface area contributed by atoms with Crippen molar-refractivity contribution in [2.45, 2.75) is 52.8 Å². The van der Waals surface area contributed by atoms with E-state index in [9.17, 15) is 4.79 Å². The zero-order valence-corrected chi connectivity index (χ0v) is 14.1. The van der Waals surface area contributed by atoms with Crippen LogP contribution in [-0.2, 0) is 14.0 Å². The van der Waals surface area contributed by atoms with Crippen LogP contribution in [0.2, 0.25) is 18.1 Å². The van der Waals surface area contributed by atoms with E-state index in [1.165, 1.54) is 7.11 Å². The summed E-state index contributed by atoms with van der Waals surface area (Å²) in [6, 6.07) is 0. The van der Waals surface area contributed by atoms with Crippen LogP contribution in [0.25, 0.3) is 0 Å². The molecule has 0 heterocycles. The summed E-state index contributed by atoms with van der Waals surface area (Å²) in [5.74, 6) is -0.230. The molecule has 3 nitrogen and oxygen atoms in total. The Morgan fingerprint density at radius 1 is 1.17 bits per heavy atom. The first-order chi connectivity index (χ1) is 7.94. The molecule has 0 unspecified atom stereocenters. The lowest BCUT2D eigenvalue weighted by Gasteiger charge is -2.35. The molecule has 0 aliphatic heterocycles. The second-order valence-corrected chi connectivity index (χ2v) is 11.5. The van der Waals surface area contributed by atoms with Crippen molar-refractivity contribution in [3.05, 3.63) is 12.2 Å². The van der Waals surface area contributed by atoms with Gasteiger partial charge in [0.25, 0.3) is 0 Å². The van der Waals surface area contributed by atoms with Gasteiger partial charge < -0.3 is 9.16 Å². The van der Waals surface area contributed by atoms with E-state index in [2.05, 4.69) is 33.9 Å². The lowest BCUT2D eigenvalue weighted by molar-refractivity contribution is -0.148. The molecule has 0 aromatic heterocycles. The van der Waals surface area contributed by atoms with E-state index in [0.29, 0.717) is 6.61 Å². The van der Waals surface area contributed by atoms with E-state index in [4.69, 9.17) is 9.16 Å². The first-order valence-electron chi connectivity index (χ1n) is 6.34. The fourth-order valence-electron chi connectivity index (χ4n) is 1.15. The molecular weight excluding hydrogens is 244 g/mol. The maximum atomic E-state index is 11.5. The highest BCUT2D eigenvalue weighted by atomic mass is 28.4. The molecule has 4 heteroatoms. The smallest absolute Gasteiger partial charge is 0.315 e. The second kappa shape index (κ2) is 6.02. The van der Waals surface area contributed by atoms with Crippen molar-refractivity contribution in [1.29, 1.82) is 0 Å². The normalized spacial score (nSPS) is 14.0. The van der Waals surface area contributed by atoms with Crippen LogP contribution in [0.4, 0.5) is 0 Å². The standard InChI is InChI=1S/C14H28O3Si/c1-13(2,3)18(7,8)17-11-9-10-14(4,5)12(15)16-6/h9-10H,11H2,1-8H3/b10-9+. The van der Waals surface area contributed by atoms with Gasteiger partial charge in [0.05, 0.1) is 19.1 Å². The summed E-state index contributed by atoms with van der Waals surface area (Å²) in [6.07, 6.45) is 3.77. The van der Waals surface area contributed by atoms with Crippen LogP contribution in [0.15, 0.2) is 12.2 Å². The van der Waals surface area contributed by atoms with Gasteiger partial charge in [0.1, 0.15) is 0 Å². The zero-order chi connectivity index (χ0) is 14.6.